The van der Waals surface area contributed by atoms with Gasteiger partial charge >= 0.3 is 12.0 Å². The number of H-pyrrole nitrogens is 1. The van der Waals surface area contributed by atoms with Crippen LogP contribution in [0, 0.1) is 6.92 Å². The molecule has 1 aromatic heterocycles. The summed E-state index contributed by atoms with van der Waals surface area (Å²) in [6, 6.07) is 1.47. The summed E-state index contributed by atoms with van der Waals surface area (Å²) in [7, 11) is 0. The highest BCUT2D eigenvalue weighted by atomic mass is 16.4. The third-order valence-electron chi connectivity index (χ3n) is 3.35. The van der Waals surface area contributed by atoms with Gasteiger partial charge in [0.15, 0.2) is 0 Å². The number of nitrogens with one attached hydrogen (secondary N) is 3. The summed E-state index contributed by atoms with van der Waals surface area (Å²) < 4.78 is 0. The molecule has 19 heavy (non-hydrogen) atoms. The van der Waals surface area contributed by atoms with E-state index in [2.05, 4.69) is 15.6 Å². The molecule has 1 aromatic rings. The van der Waals surface area contributed by atoms with Crippen LogP contribution in [0.2, 0.25) is 0 Å². The van der Waals surface area contributed by atoms with E-state index in [-0.39, 0.29) is 17.8 Å². The molecule has 2 rings (SSSR count). The molecule has 2 amide bonds. The summed E-state index contributed by atoms with van der Waals surface area (Å²) in [5.74, 6) is -1.08. The number of urea groups is 1. The molecule has 0 spiro atoms. The van der Waals surface area contributed by atoms with E-state index in [9.17, 15) is 9.59 Å². The van der Waals surface area contributed by atoms with Crippen LogP contribution in [-0.2, 0) is 0 Å². The molecule has 0 aromatic carbocycles. The number of carbonyl (C=O) groups excluding carboxylic acids is 1. The minimum absolute atomic E-state index is 0.0105. The molecule has 1 heterocycles. The van der Waals surface area contributed by atoms with Crippen molar-refractivity contribution < 1.29 is 14.7 Å². The Balaban J connectivity index is 1.96. The van der Waals surface area contributed by atoms with Gasteiger partial charge in [-0.25, -0.2) is 9.59 Å². The summed E-state index contributed by atoms with van der Waals surface area (Å²) >= 11 is 0. The van der Waals surface area contributed by atoms with Crippen LogP contribution in [0.3, 0.4) is 0 Å². The van der Waals surface area contributed by atoms with Gasteiger partial charge in [-0.2, -0.15) is 0 Å². The minimum atomic E-state index is -1.08. The molecule has 0 saturated heterocycles. The Morgan fingerprint density at radius 2 is 2.00 bits per heavy atom. The first-order valence-electron chi connectivity index (χ1n) is 6.56. The zero-order chi connectivity index (χ0) is 13.8. The molecular formula is C13H19N3O3. The van der Waals surface area contributed by atoms with Crippen molar-refractivity contribution in [1.82, 2.24) is 10.3 Å². The highest BCUT2D eigenvalue weighted by Gasteiger charge is 2.18. The first-order chi connectivity index (χ1) is 9.06. The van der Waals surface area contributed by atoms with Crippen molar-refractivity contribution in [1.29, 1.82) is 0 Å². The molecule has 6 heteroatoms. The van der Waals surface area contributed by atoms with Crippen molar-refractivity contribution in [2.75, 3.05) is 5.32 Å². The summed E-state index contributed by atoms with van der Waals surface area (Å²) in [6.45, 7) is 1.75. The molecule has 0 unspecified atom stereocenters. The zero-order valence-corrected chi connectivity index (χ0v) is 11.0. The summed E-state index contributed by atoms with van der Waals surface area (Å²) in [5.41, 5.74) is 1.01. The Hall–Kier alpha value is -1.98. The molecule has 0 radical (unpaired) electrons. The predicted molar refractivity (Wildman–Crippen MR) is 71.5 cm³/mol. The van der Waals surface area contributed by atoms with Gasteiger partial charge in [-0.05, 0) is 25.8 Å². The summed E-state index contributed by atoms with van der Waals surface area (Å²) in [4.78, 5) is 25.6. The van der Waals surface area contributed by atoms with Crippen LogP contribution in [0.25, 0.3) is 0 Å². The Bertz CT molecular complexity index is 475. The van der Waals surface area contributed by atoms with Crippen LogP contribution in [0.4, 0.5) is 10.5 Å². The Morgan fingerprint density at radius 3 is 2.63 bits per heavy atom. The quantitative estimate of drug-likeness (QED) is 0.676. The maximum Gasteiger partial charge on any atom is 0.354 e. The number of hydrogen-bond acceptors (Lipinski definition) is 2. The van der Waals surface area contributed by atoms with Crippen LogP contribution in [0.5, 0.6) is 0 Å². The lowest BCUT2D eigenvalue weighted by Gasteiger charge is -2.22. The number of hydrogen-bond donors (Lipinski definition) is 4. The largest absolute Gasteiger partial charge is 0.477 e. The number of amides is 2. The van der Waals surface area contributed by atoms with Crippen molar-refractivity contribution in [3.05, 3.63) is 17.5 Å². The number of carbonyl (C=O) groups is 2. The number of aromatic carboxylic acids is 1. The van der Waals surface area contributed by atoms with Gasteiger partial charge in [0.1, 0.15) is 5.69 Å². The van der Waals surface area contributed by atoms with Crippen molar-refractivity contribution >= 4 is 17.7 Å². The molecule has 1 fully saturated rings. The Morgan fingerprint density at radius 1 is 1.32 bits per heavy atom. The van der Waals surface area contributed by atoms with Crippen LogP contribution < -0.4 is 10.6 Å². The van der Waals surface area contributed by atoms with Crippen LogP contribution >= 0.6 is 0 Å². The second-order valence-corrected chi connectivity index (χ2v) is 4.98. The van der Waals surface area contributed by atoms with Gasteiger partial charge in [0.2, 0.25) is 0 Å². The zero-order valence-electron chi connectivity index (χ0n) is 11.0. The number of aromatic nitrogens is 1. The molecule has 0 aliphatic heterocycles. The van der Waals surface area contributed by atoms with Gasteiger partial charge in [-0.15, -0.1) is 0 Å². The predicted octanol–water partition coefficient (Wildman–Crippen LogP) is 2.48. The lowest BCUT2D eigenvalue weighted by Crippen LogP contribution is -2.39. The number of carboxylic acid groups (broad SMARTS) is 1. The highest BCUT2D eigenvalue weighted by molar-refractivity contribution is 5.99. The molecule has 1 saturated carbocycles. The van der Waals surface area contributed by atoms with E-state index in [1.807, 2.05) is 0 Å². The summed E-state index contributed by atoms with van der Waals surface area (Å²) in [5, 5.41) is 14.5. The van der Waals surface area contributed by atoms with E-state index in [0.29, 0.717) is 11.4 Å². The molecule has 0 atom stereocenters. The first-order valence-corrected chi connectivity index (χ1v) is 6.56. The van der Waals surface area contributed by atoms with Crippen molar-refractivity contribution in [3.63, 3.8) is 0 Å². The second-order valence-electron chi connectivity index (χ2n) is 4.98. The maximum atomic E-state index is 11.8. The van der Waals surface area contributed by atoms with E-state index in [1.54, 1.807) is 13.0 Å². The van der Waals surface area contributed by atoms with Gasteiger partial charge in [0.25, 0.3) is 0 Å². The molecule has 0 bridgehead atoms. The monoisotopic (exact) mass is 265 g/mol. The third kappa shape index (κ3) is 3.49. The average Bonchev–Trinajstić information content (AvgIpc) is 2.71. The molecule has 1 aliphatic rings. The maximum absolute atomic E-state index is 11.8. The van der Waals surface area contributed by atoms with Gasteiger partial charge in [-0.3, -0.25) is 0 Å². The topological polar surface area (TPSA) is 94.2 Å². The lowest BCUT2D eigenvalue weighted by molar-refractivity contribution is 0.0692. The van der Waals surface area contributed by atoms with Crippen molar-refractivity contribution in [3.8, 4) is 0 Å². The van der Waals surface area contributed by atoms with Gasteiger partial charge in [0, 0.05) is 11.7 Å². The number of anilines is 1. The number of aromatic amines is 1. The second kappa shape index (κ2) is 5.77. The molecular weight excluding hydrogens is 246 g/mol. The molecule has 6 nitrogen and oxygen atoms in total. The summed E-state index contributed by atoms with van der Waals surface area (Å²) in [6.07, 6.45) is 5.47. The van der Waals surface area contributed by atoms with E-state index in [4.69, 9.17) is 5.11 Å². The van der Waals surface area contributed by atoms with Crippen LogP contribution in [0.15, 0.2) is 6.07 Å². The number of aryl methyl sites for hydroxylation is 1. The number of rotatable bonds is 3. The van der Waals surface area contributed by atoms with E-state index >= 15 is 0 Å². The number of carboxylic acids is 1. The molecule has 1 aliphatic carbocycles. The Labute approximate surface area is 111 Å². The van der Waals surface area contributed by atoms with Gasteiger partial charge in [0.05, 0.1) is 5.69 Å². The van der Waals surface area contributed by atoms with E-state index in [0.717, 1.165) is 25.7 Å². The van der Waals surface area contributed by atoms with Gasteiger partial charge in [-0.1, -0.05) is 19.3 Å². The van der Waals surface area contributed by atoms with Crippen LogP contribution in [-0.4, -0.2) is 28.1 Å². The van der Waals surface area contributed by atoms with E-state index < -0.39 is 5.97 Å². The smallest absolute Gasteiger partial charge is 0.354 e. The van der Waals surface area contributed by atoms with Crippen LogP contribution in [0.1, 0.15) is 48.3 Å². The van der Waals surface area contributed by atoms with Crippen molar-refractivity contribution in [2.45, 2.75) is 45.1 Å². The standard InChI is InChI=1S/C13H19N3O3/c1-8-7-10(11(14-8)12(17)18)16-13(19)15-9-5-3-2-4-6-9/h7,9,14H,2-6H2,1H3,(H,17,18)(H2,15,16,19). The van der Waals surface area contributed by atoms with Crippen molar-refractivity contribution in [2.24, 2.45) is 0 Å². The average molecular weight is 265 g/mol. The molecule has 104 valence electrons. The fourth-order valence-electron chi connectivity index (χ4n) is 2.45. The lowest BCUT2D eigenvalue weighted by atomic mass is 9.96. The fraction of sp³-hybridized carbons (Fsp3) is 0.538. The normalized spacial score (nSPS) is 16.1. The first kappa shape index (κ1) is 13.5. The minimum Gasteiger partial charge on any atom is -0.477 e. The SMILES string of the molecule is Cc1cc(NC(=O)NC2CCCCC2)c(C(=O)O)[nH]1. The molecule has 4 N–H and O–H groups in total. The van der Waals surface area contributed by atoms with Gasteiger partial charge < -0.3 is 20.7 Å². The third-order valence-corrected chi connectivity index (χ3v) is 3.35. The fourth-order valence-corrected chi connectivity index (χ4v) is 2.45. The van der Waals surface area contributed by atoms with E-state index in [1.165, 1.54) is 6.42 Å². The highest BCUT2D eigenvalue weighted by Crippen LogP contribution is 2.19. The Kier molecular flexibility index (Phi) is 4.09.